The number of aliphatic hydroxyl groups is 1. The molecular formula is C11H21N3O2. The molecule has 1 aliphatic carbocycles. The summed E-state index contributed by atoms with van der Waals surface area (Å²) in [5.74, 6) is 0.837. The van der Waals surface area contributed by atoms with Crippen LogP contribution in [0.25, 0.3) is 0 Å². The van der Waals surface area contributed by atoms with Crippen molar-refractivity contribution in [3.05, 3.63) is 0 Å². The Bertz CT molecular complexity index is 282. The van der Waals surface area contributed by atoms with Gasteiger partial charge in [0.1, 0.15) is 0 Å². The van der Waals surface area contributed by atoms with Gasteiger partial charge in [0.05, 0.1) is 13.2 Å². The zero-order valence-electron chi connectivity index (χ0n) is 9.60. The Labute approximate surface area is 95.9 Å². The van der Waals surface area contributed by atoms with Crippen LogP contribution in [-0.4, -0.2) is 47.3 Å². The van der Waals surface area contributed by atoms with E-state index in [-0.39, 0.29) is 17.9 Å². The third-order valence-corrected chi connectivity index (χ3v) is 4.19. The van der Waals surface area contributed by atoms with Crippen LogP contribution in [-0.2, 0) is 0 Å². The van der Waals surface area contributed by atoms with E-state index in [9.17, 15) is 5.11 Å². The van der Waals surface area contributed by atoms with E-state index in [0.717, 1.165) is 19.5 Å². The molecule has 0 spiro atoms. The minimum Gasteiger partial charge on any atom is -0.409 e. The van der Waals surface area contributed by atoms with E-state index in [0.29, 0.717) is 12.5 Å². The average molecular weight is 227 g/mol. The SMILES string of the molecule is NC(CN1C[C@@H]2CCCC[C@@]2(CO)C1)=NO. The highest BCUT2D eigenvalue weighted by Gasteiger charge is 2.46. The molecule has 2 aliphatic rings. The summed E-state index contributed by atoms with van der Waals surface area (Å²) in [5, 5.41) is 21.2. The first-order chi connectivity index (χ1) is 7.70. The highest BCUT2D eigenvalue weighted by Crippen LogP contribution is 2.46. The van der Waals surface area contributed by atoms with Crippen molar-refractivity contribution in [2.45, 2.75) is 25.7 Å². The molecule has 1 saturated heterocycles. The molecule has 0 unspecified atom stereocenters. The first-order valence-electron chi connectivity index (χ1n) is 6.00. The van der Waals surface area contributed by atoms with Gasteiger partial charge in [-0.3, -0.25) is 4.90 Å². The van der Waals surface area contributed by atoms with Crippen LogP contribution < -0.4 is 5.73 Å². The first kappa shape index (κ1) is 11.7. The Balaban J connectivity index is 2.02. The zero-order valence-corrected chi connectivity index (χ0v) is 9.60. The van der Waals surface area contributed by atoms with Gasteiger partial charge in [-0.05, 0) is 18.8 Å². The second kappa shape index (κ2) is 4.59. The topological polar surface area (TPSA) is 82.1 Å². The number of hydrogen-bond donors (Lipinski definition) is 3. The lowest BCUT2D eigenvalue weighted by molar-refractivity contribution is 0.0588. The van der Waals surface area contributed by atoms with Crippen LogP contribution in [0.2, 0.25) is 0 Å². The summed E-state index contributed by atoms with van der Waals surface area (Å²) in [6.45, 7) is 2.63. The predicted octanol–water partition coefficient (Wildman–Crippen LogP) is 0.217. The Morgan fingerprint density at radius 1 is 1.50 bits per heavy atom. The molecule has 2 atom stereocenters. The van der Waals surface area contributed by atoms with Crippen molar-refractivity contribution in [3.8, 4) is 0 Å². The molecule has 5 heteroatoms. The van der Waals surface area contributed by atoms with Crippen LogP contribution in [0.5, 0.6) is 0 Å². The zero-order chi connectivity index (χ0) is 11.6. The number of amidine groups is 1. The van der Waals surface area contributed by atoms with E-state index in [1.54, 1.807) is 0 Å². The lowest BCUT2D eigenvalue weighted by Gasteiger charge is -2.36. The molecule has 0 aromatic heterocycles. The number of nitrogens with zero attached hydrogens (tertiary/aromatic N) is 2. The fourth-order valence-electron chi connectivity index (χ4n) is 3.33. The van der Waals surface area contributed by atoms with Gasteiger partial charge >= 0.3 is 0 Å². The highest BCUT2D eigenvalue weighted by atomic mass is 16.4. The highest BCUT2D eigenvalue weighted by molar-refractivity contribution is 5.81. The van der Waals surface area contributed by atoms with Gasteiger partial charge in [-0.25, -0.2) is 0 Å². The van der Waals surface area contributed by atoms with Gasteiger partial charge < -0.3 is 16.0 Å². The van der Waals surface area contributed by atoms with Crippen molar-refractivity contribution in [3.63, 3.8) is 0 Å². The third-order valence-electron chi connectivity index (χ3n) is 4.19. The number of fused-ring (bicyclic) bond motifs is 1. The summed E-state index contributed by atoms with van der Waals surface area (Å²) < 4.78 is 0. The van der Waals surface area contributed by atoms with E-state index in [1.165, 1.54) is 19.3 Å². The third kappa shape index (κ3) is 2.01. The van der Waals surface area contributed by atoms with Gasteiger partial charge in [0.2, 0.25) is 0 Å². The molecular weight excluding hydrogens is 206 g/mol. The molecule has 2 fully saturated rings. The standard InChI is InChI=1S/C11H21N3O2/c12-10(13-16)6-14-5-9-3-1-2-4-11(9,7-14)8-15/h9,15-16H,1-8H2,(H2,12,13)/t9-,11-/m0/s1. The predicted molar refractivity (Wildman–Crippen MR) is 61.3 cm³/mol. The van der Waals surface area contributed by atoms with E-state index in [4.69, 9.17) is 10.9 Å². The molecule has 1 heterocycles. The maximum absolute atomic E-state index is 9.62. The van der Waals surface area contributed by atoms with Crippen molar-refractivity contribution >= 4 is 5.84 Å². The van der Waals surface area contributed by atoms with E-state index in [1.807, 2.05) is 0 Å². The van der Waals surface area contributed by atoms with Crippen LogP contribution in [0.1, 0.15) is 25.7 Å². The lowest BCUT2D eigenvalue weighted by atomic mass is 9.69. The molecule has 0 aromatic rings. The Morgan fingerprint density at radius 3 is 2.94 bits per heavy atom. The van der Waals surface area contributed by atoms with Crippen LogP contribution in [0.3, 0.4) is 0 Å². The van der Waals surface area contributed by atoms with E-state index in [2.05, 4.69) is 10.1 Å². The van der Waals surface area contributed by atoms with Gasteiger partial charge in [0.25, 0.3) is 0 Å². The van der Waals surface area contributed by atoms with Gasteiger partial charge in [0.15, 0.2) is 5.84 Å². The number of rotatable bonds is 3. The van der Waals surface area contributed by atoms with Gasteiger partial charge in [-0.2, -0.15) is 0 Å². The Hall–Kier alpha value is -0.810. The van der Waals surface area contributed by atoms with Crippen LogP contribution >= 0.6 is 0 Å². The maximum atomic E-state index is 9.62. The smallest absolute Gasteiger partial charge is 0.153 e. The second-order valence-electron chi connectivity index (χ2n) is 5.22. The van der Waals surface area contributed by atoms with Crippen LogP contribution in [0.15, 0.2) is 5.16 Å². The second-order valence-corrected chi connectivity index (χ2v) is 5.22. The number of nitrogens with two attached hydrogens (primary N) is 1. The van der Waals surface area contributed by atoms with Gasteiger partial charge in [0, 0.05) is 18.5 Å². The van der Waals surface area contributed by atoms with Gasteiger partial charge in [-0.1, -0.05) is 18.0 Å². The number of oxime groups is 1. The van der Waals surface area contributed by atoms with E-state index >= 15 is 0 Å². The monoisotopic (exact) mass is 227 g/mol. The number of likely N-dealkylation sites (tertiary alicyclic amines) is 1. The van der Waals surface area contributed by atoms with Crippen LogP contribution in [0.4, 0.5) is 0 Å². The van der Waals surface area contributed by atoms with Crippen molar-refractivity contribution in [2.24, 2.45) is 22.2 Å². The first-order valence-corrected chi connectivity index (χ1v) is 6.00. The molecule has 0 radical (unpaired) electrons. The minimum absolute atomic E-state index is 0.0774. The molecule has 16 heavy (non-hydrogen) atoms. The molecule has 0 bridgehead atoms. The van der Waals surface area contributed by atoms with Crippen LogP contribution in [0, 0.1) is 11.3 Å². The molecule has 2 rings (SSSR count). The summed E-state index contributed by atoms with van der Waals surface area (Å²) in [6.07, 6.45) is 4.80. The average Bonchev–Trinajstić information content (AvgIpc) is 2.67. The summed E-state index contributed by atoms with van der Waals surface area (Å²) in [6, 6.07) is 0. The normalized spacial score (nSPS) is 36.3. The largest absolute Gasteiger partial charge is 0.409 e. The minimum atomic E-state index is 0.0774. The lowest BCUT2D eigenvalue weighted by Crippen LogP contribution is -2.38. The molecule has 0 amide bonds. The summed E-state index contributed by atoms with van der Waals surface area (Å²) in [7, 11) is 0. The fourth-order valence-corrected chi connectivity index (χ4v) is 3.33. The van der Waals surface area contributed by atoms with E-state index < -0.39 is 0 Å². The quantitative estimate of drug-likeness (QED) is 0.279. The van der Waals surface area contributed by atoms with Crippen molar-refractivity contribution in [2.75, 3.05) is 26.2 Å². The Kier molecular flexibility index (Phi) is 3.35. The summed E-state index contributed by atoms with van der Waals surface area (Å²) in [4.78, 5) is 2.20. The molecule has 4 N–H and O–H groups in total. The summed E-state index contributed by atoms with van der Waals surface area (Å²) >= 11 is 0. The molecule has 1 saturated carbocycles. The van der Waals surface area contributed by atoms with Crippen molar-refractivity contribution in [1.29, 1.82) is 0 Å². The molecule has 0 aromatic carbocycles. The summed E-state index contributed by atoms with van der Waals surface area (Å²) in [5.41, 5.74) is 5.60. The van der Waals surface area contributed by atoms with Gasteiger partial charge in [-0.15, -0.1) is 0 Å². The molecule has 5 nitrogen and oxygen atoms in total. The van der Waals surface area contributed by atoms with Crippen molar-refractivity contribution in [1.82, 2.24) is 4.90 Å². The number of aliphatic hydroxyl groups excluding tert-OH is 1. The molecule has 1 aliphatic heterocycles. The maximum Gasteiger partial charge on any atom is 0.153 e. The fraction of sp³-hybridized carbons (Fsp3) is 0.909. The molecule has 92 valence electrons. The number of hydrogen-bond acceptors (Lipinski definition) is 4. The van der Waals surface area contributed by atoms with Crippen molar-refractivity contribution < 1.29 is 10.3 Å². The Morgan fingerprint density at radius 2 is 2.31 bits per heavy atom.